The van der Waals surface area contributed by atoms with Crippen molar-refractivity contribution in [1.82, 2.24) is 9.80 Å². The number of ether oxygens (including phenoxy) is 4. The van der Waals surface area contributed by atoms with E-state index in [1.54, 1.807) is 28.4 Å². The fourth-order valence-corrected chi connectivity index (χ4v) is 8.74. The summed E-state index contributed by atoms with van der Waals surface area (Å²) in [5.74, 6) is 1.79. The van der Waals surface area contributed by atoms with Gasteiger partial charge in [-0.05, 0) is 73.2 Å². The van der Waals surface area contributed by atoms with Crippen LogP contribution in [0.3, 0.4) is 0 Å². The number of carbonyl (C=O) groups excluding carboxylic acids is 2. The number of benzene rings is 2. The monoisotopic (exact) mass is 696 g/mol. The highest BCUT2D eigenvalue weighted by Gasteiger charge is 2.36. The number of nitrogens with zero attached hydrogens (tertiary/aromatic N) is 4. The van der Waals surface area contributed by atoms with Crippen LogP contribution in [0.2, 0.25) is 0 Å². The number of allylic oxidation sites excluding steroid dienone is 10. The lowest BCUT2D eigenvalue weighted by atomic mass is 9.85. The Morgan fingerprint density at radius 3 is 1.44 bits per heavy atom. The van der Waals surface area contributed by atoms with Gasteiger partial charge in [-0.3, -0.25) is 9.59 Å². The zero-order valence-electron chi connectivity index (χ0n) is 29.8. The quantitative estimate of drug-likeness (QED) is 0.482. The van der Waals surface area contributed by atoms with Crippen LogP contribution in [-0.4, -0.2) is 76.0 Å². The fourth-order valence-electron chi connectivity index (χ4n) is 8.74. The van der Waals surface area contributed by atoms with E-state index >= 15 is 0 Å². The van der Waals surface area contributed by atoms with Crippen LogP contribution in [0.1, 0.15) is 25.7 Å². The number of rotatable bonds is 4. The van der Waals surface area contributed by atoms with Gasteiger partial charge in [0, 0.05) is 83.1 Å². The molecule has 0 spiro atoms. The summed E-state index contributed by atoms with van der Waals surface area (Å²) >= 11 is 0. The van der Waals surface area contributed by atoms with Gasteiger partial charge in [-0.2, -0.15) is 0 Å². The standard InChI is InChI=1S/C42H40N4O6/c1-49-27-5-7-29-31-9-11-45-21-25-14-24(18-38(52-4)41(25)47)16-36-40-32(30-8-6-28(50-2)20-34(30)44-40)10-12-46(36)22-26-13-23(17-37(51-3)42(26)48)15-35(45)39(31)43-33(29)19-27/h5-8,13-14,17-20,23-24H,9-12,15-16,21-22H2,1-4H3. The number of ketones is 2. The van der Waals surface area contributed by atoms with Gasteiger partial charge >= 0.3 is 0 Å². The zero-order valence-corrected chi connectivity index (χ0v) is 29.8. The van der Waals surface area contributed by atoms with Gasteiger partial charge in [0.15, 0.2) is 11.5 Å². The topological polar surface area (TPSA) is 102 Å². The minimum atomic E-state index is -0.127. The molecule has 264 valence electrons. The molecule has 5 heterocycles. The summed E-state index contributed by atoms with van der Waals surface area (Å²) in [6.45, 7) is 2.29. The van der Waals surface area contributed by atoms with E-state index in [-0.39, 0.29) is 23.4 Å². The summed E-state index contributed by atoms with van der Waals surface area (Å²) in [5, 5.41) is 4.00. The first kappa shape index (κ1) is 32.3. The fraction of sp³-hybridized carbons (Fsp3) is 0.333. The van der Waals surface area contributed by atoms with Crippen LogP contribution < -0.4 is 30.6 Å². The predicted molar refractivity (Wildman–Crippen MR) is 193 cm³/mol. The van der Waals surface area contributed by atoms with Crippen molar-refractivity contribution in [2.45, 2.75) is 25.7 Å². The maximum absolute atomic E-state index is 13.9. The van der Waals surface area contributed by atoms with Crippen molar-refractivity contribution in [2.75, 3.05) is 54.6 Å². The molecule has 10 heteroatoms. The van der Waals surface area contributed by atoms with Gasteiger partial charge in [-0.1, -0.05) is 12.2 Å². The second-order valence-electron chi connectivity index (χ2n) is 14.1. The molecule has 5 aliphatic heterocycles. The van der Waals surface area contributed by atoms with E-state index < -0.39 is 0 Å². The Labute approximate surface area is 301 Å². The van der Waals surface area contributed by atoms with Crippen molar-refractivity contribution in [2.24, 2.45) is 21.8 Å². The van der Waals surface area contributed by atoms with E-state index in [1.165, 1.54) is 11.1 Å². The molecular formula is C42H40N4O6. The van der Waals surface area contributed by atoms with E-state index in [1.807, 2.05) is 36.4 Å². The van der Waals surface area contributed by atoms with Crippen LogP contribution in [0.15, 0.2) is 116 Å². The molecular weight excluding hydrogens is 656 g/mol. The normalized spacial score (nSPS) is 23.3. The highest BCUT2D eigenvalue weighted by atomic mass is 16.5. The van der Waals surface area contributed by atoms with E-state index in [9.17, 15) is 9.59 Å². The van der Waals surface area contributed by atoms with Gasteiger partial charge in [0.2, 0.25) is 11.6 Å². The molecule has 2 aliphatic carbocycles. The Morgan fingerprint density at radius 1 is 0.596 bits per heavy atom. The summed E-state index contributed by atoms with van der Waals surface area (Å²) in [4.78, 5) is 42.9. The first-order valence-electron chi connectivity index (χ1n) is 17.9. The zero-order chi connectivity index (χ0) is 35.7. The molecule has 10 nitrogen and oxygen atoms in total. The molecule has 0 aromatic heterocycles. The Kier molecular flexibility index (Phi) is 7.79. The van der Waals surface area contributed by atoms with Crippen LogP contribution in [0.4, 0.5) is 0 Å². The van der Waals surface area contributed by atoms with Gasteiger partial charge in [-0.15, -0.1) is 0 Å². The van der Waals surface area contributed by atoms with Crippen LogP contribution in [-0.2, 0) is 19.1 Å². The minimum absolute atomic E-state index is 0.0937. The van der Waals surface area contributed by atoms with Gasteiger partial charge in [0.05, 0.1) is 50.5 Å². The second-order valence-corrected chi connectivity index (χ2v) is 14.1. The highest BCUT2D eigenvalue weighted by molar-refractivity contribution is 6.08. The van der Waals surface area contributed by atoms with Crippen LogP contribution >= 0.6 is 0 Å². The Morgan fingerprint density at radius 2 is 1.04 bits per heavy atom. The molecule has 2 aromatic rings. The lowest BCUT2D eigenvalue weighted by molar-refractivity contribution is -0.116. The van der Waals surface area contributed by atoms with Crippen molar-refractivity contribution in [3.05, 3.63) is 127 Å². The highest BCUT2D eigenvalue weighted by Crippen LogP contribution is 2.40. The summed E-state index contributed by atoms with van der Waals surface area (Å²) in [6.07, 6.45) is 10.9. The van der Waals surface area contributed by atoms with Gasteiger partial charge < -0.3 is 28.7 Å². The summed E-state index contributed by atoms with van der Waals surface area (Å²) in [5.41, 5.74) is 7.79. The molecule has 2 unspecified atom stereocenters. The van der Waals surface area contributed by atoms with E-state index in [0.29, 0.717) is 48.6 Å². The van der Waals surface area contributed by atoms with Crippen molar-refractivity contribution in [3.63, 3.8) is 0 Å². The number of hydrogen-bond donors (Lipinski definition) is 0. The Hall–Kier alpha value is -5.64. The average molecular weight is 697 g/mol. The average Bonchev–Trinajstić information content (AvgIpc) is 3.73. The van der Waals surface area contributed by atoms with Gasteiger partial charge in [0.25, 0.3) is 0 Å². The third kappa shape index (κ3) is 5.22. The van der Waals surface area contributed by atoms with Crippen LogP contribution in [0.5, 0.6) is 11.5 Å². The molecule has 9 rings (SSSR count). The maximum atomic E-state index is 13.9. The summed E-state index contributed by atoms with van der Waals surface area (Å²) in [7, 11) is 6.46. The number of fused-ring (bicyclic) bond motifs is 8. The van der Waals surface area contributed by atoms with Crippen molar-refractivity contribution >= 4 is 22.7 Å². The van der Waals surface area contributed by atoms with Crippen LogP contribution in [0, 0.1) is 11.8 Å². The molecule has 2 aromatic carbocycles. The molecule has 0 amide bonds. The predicted octanol–water partition coefficient (Wildman–Crippen LogP) is 2.91. The van der Waals surface area contributed by atoms with Crippen molar-refractivity contribution < 1.29 is 28.5 Å². The smallest absolute Gasteiger partial charge is 0.224 e. The number of hydrogen-bond acceptors (Lipinski definition) is 10. The molecule has 0 saturated heterocycles. The molecule has 4 bridgehead atoms. The second kappa shape index (κ2) is 12.5. The summed E-state index contributed by atoms with van der Waals surface area (Å²) in [6, 6.07) is 12.1. The third-order valence-corrected chi connectivity index (χ3v) is 11.3. The number of Topliss-reactive ketones (excluding diaryl/α,β-unsaturated/α-hetero) is 2. The van der Waals surface area contributed by atoms with Gasteiger partial charge in [-0.25, -0.2) is 9.98 Å². The van der Waals surface area contributed by atoms with Crippen LogP contribution in [0.25, 0.3) is 11.1 Å². The largest absolute Gasteiger partial charge is 0.497 e. The summed E-state index contributed by atoms with van der Waals surface area (Å²) < 4.78 is 22.5. The Balaban J connectivity index is 1.21. The molecule has 0 saturated carbocycles. The molecule has 2 atom stereocenters. The number of methoxy groups -OCH3 is 4. The molecule has 7 aliphatic rings. The molecule has 0 N–H and O–H groups in total. The first-order valence-corrected chi connectivity index (χ1v) is 17.9. The first-order chi connectivity index (χ1) is 25.3. The van der Waals surface area contributed by atoms with Gasteiger partial charge in [0.1, 0.15) is 11.5 Å². The van der Waals surface area contributed by atoms with Crippen molar-refractivity contribution in [3.8, 4) is 11.5 Å². The maximum Gasteiger partial charge on any atom is 0.224 e. The minimum Gasteiger partial charge on any atom is -0.497 e. The molecule has 0 fully saturated rings. The SMILES string of the molecule is COC1=CC2C=C(CN3CCC4=c5ccc(OC)cc5=NC4=C3CC3C=C(CN4CCC5=c6ccc(OC)cc6=NC5=C4C2)C(=O)C(OC)=C3)C1=O. The number of carbonyl (C=O) groups is 2. The molecule has 0 radical (unpaired) electrons. The molecule has 52 heavy (non-hydrogen) atoms. The van der Waals surface area contributed by atoms with E-state index in [4.69, 9.17) is 28.9 Å². The third-order valence-electron chi connectivity index (χ3n) is 11.3. The lowest BCUT2D eigenvalue weighted by Crippen LogP contribution is -2.37. The lowest BCUT2D eigenvalue weighted by Gasteiger charge is -2.38. The van der Waals surface area contributed by atoms with E-state index in [2.05, 4.69) is 34.1 Å². The Bertz CT molecular complexity index is 2260. The van der Waals surface area contributed by atoms with Crippen molar-refractivity contribution in [1.29, 1.82) is 0 Å². The van der Waals surface area contributed by atoms with E-state index in [0.717, 1.165) is 81.4 Å².